The minimum atomic E-state index is 0.820. The van der Waals surface area contributed by atoms with Crippen LogP contribution in [0, 0.1) is 0 Å². The van der Waals surface area contributed by atoms with Gasteiger partial charge < -0.3 is 4.98 Å². The highest BCUT2D eigenvalue weighted by Crippen LogP contribution is 2.21. The molecule has 0 unspecified atom stereocenters. The molecule has 2 aromatic heterocycles. The summed E-state index contributed by atoms with van der Waals surface area (Å²) in [7, 11) is 0. The quantitative estimate of drug-likeness (QED) is 0.806. The first-order valence-corrected chi connectivity index (χ1v) is 7.63. The summed E-state index contributed by atoms with van der Waals surface area (Å²) < 4.78 is 0. The second kappa shape index (κ2) is 5.73. The number of nitrogens with one attached hydrogen (secondary N) is 1. The van der Waals surface area contributed by atoms with Crippen molar-refractivity contribution in [1.82, 2.24) is 19.9 Å². The predicted octanol–water partition coefficient (Wildman–Crippen LogP) is 3.03. The van der Waals surface area contributed by atoms with Crippen LogP contribution in [-0.4, -0.2) is 26.4 Å². The van der Waals surface area contributed by atoms with Gasteiger partial charge in [0.1, 0.15) is 0 Å². The minimum absolute atomic E-state index is 0.820. The molecule has 110 valence electrons. The lowest BCUT2D eigenvalue weighted by Gasteiger charge is -2.27. The van der Waals surface area contributed by atoms with E-state index in [0.29, 0.717) is 0 Å². The summed E-state index contributed by atoms with van der Waals surface area (Å²) in [4.78, 5) is 15.0. The standard InChI is InChI=1S/C18H18N4/c1-2-5-14(6-3-1)18-20-11-15-8-10-22(13-17(15)21-18)12-16-7-4-9-19-16/h1-7,9,11,19H,8,10,12-13H2. The maximum atomic E-state index is 4.80. The van der Waals surface area contributed by atoms with Crippen molar-refractivity contribution >= 4 is 0 Å². The highest BCUT2D eigenvalue weighted by molar-refractivity contribution is 5.54. The van der Waals surface area contributed by atoms with E-state index in [1.165, 1.54) is 11.3 Å². The lowest BCUT2D eigenvalue weighted by Crippen LogP contribution is -2.31. The van der Waals surface area contributed by atoms with Crippen LogP contribution in [0.3, 0.4) is 0 Å². The molecule has 0 spiro atoms. The summed E-state index contributed by atoms with van der Waals surface area (Å²) >= 11 is 0. The lowest BCUT2D eigenvalue weighted by molar-refractivity contribution is 0.239. The summed E-state index contributed by atoms with van der Waals surface area (Å²) in [5, 5.41) is 0. The predicted molar refractivity (Wildman–Crippen MR) is 86.1 cm³/mol. The minimum Gasteiger partial charge on any atom is -0.364 e. The molecule has 4 rings (SSSR count). The molecule has 3 heterocycles. The number of fused-ring (bicyclic) bond motifs is 1. The Bertz CT molecular complexity index is 750. The Labute approximate surface area is 129 Å². The fourth-order valence-corrected chi connectivity index (χ4v) is 2.93. The first-order valence-electron chi connectivity index (χ1n) is 7.63. The zero-order valence-corrected chi connectivity index (χ0v) is 12.4. The van der Waals surface area contributed by atoms with Crippen LogP contribution >= 0.6 is 0 Å². The summed E-state index contributed by atoms with van der Waals surface area (Å²) in [6.07, 6.45) is 4.99. The summed E-state index contributed by atoms with van der Waals surface area (Å²) in [5.74, 6) is 0.820. The fourth-order valence-electron chi connectivity index (χ4n) is 2.93. The zero-order chi connectivity index (χ0) is 14.8. The van der Waals surface area contributed by atoms with E-state index in [4.69, 9.17) is 4.98 Å². The molecular weight excluding hydrogens is 272 g/mol. The van der Waals surface area contributed by atoms with Crippen molar-refractivity contribution in [1.29, 1.82) is 0 Å². The Morgan fingerprint density at radius 2 is 2.00 bits per heavy atom. The third-order valence-corrected chi connectivity index (χ3v) is 4.11. The van der Waals surface area contributed by atoms with Crippen LogP contribution in [0.2, 0.25) is 0 Å². The van der Waals surface area contributed by atoms with E-state index in [1.807, 2.05) is 36.7 Å². The van der Waals surface area contributed by atoms with Gasteiger partial charge in [0.2, 0.25) is 0 Å². The van der Waals surface area contributed by atoms with Gasteiger partial charge in [-0.25, -0.2) is 9.97 Å². The van der Waals surface area contributed by atoms with Crippen molar-refractivity contribution in [3.8, 4) is 11.4 Å². The number of aromatic amines is 1. The van der Waals surface area contributed by atoms with Crippen molar-refractivity contribution in [2.45, 2.75) is 19.5 Å². The van der Waals surface area contributed by atoms with Crippen LogP contribution in [0.1, 0.15) is 17.0 Å². The number of aromatic nitrogens is 3. The maximum absolute atomic E-state index is 4.80. The molecule has 1 N–H and O–H groups in total. The smallest absolute Gasteiger partial charge is 0.159 e. The molecule has 4 nitrogen and oxygen atoms in total. The molecule has 0 bridgehead atoms. The number of nitrogens with zero attached hydrogens (tertiary/aromatic N) is 3. The molecule has 4 heteroatoms. The van der Waals surface area contributed by atoms with Crippen molar-refractivity contribution in [2.75, 3.05) is 6.54 Å². The Hall–Kier alpha value is -2.46. The van der Waals surface area contributed by atoms with E-state index in [2.05, 4.69) is 33.1 Å². The van der Waals surface area contributed by atoms with Crippen molar-refractivity contribution < 1.29 is 0 Å². The van der Waals surface area contributed by atoms with E-state index in [1.54, 1.807) is 0 Å². The molecule has 1 aromatic carbocycles. The van der Waals surface area contributed by atoms with Crippen LogP contribution in [0.15, 0.2) is 54.9 Å². The molecule has 0 aliphatic carbocycles. The van der Waals surface area contributed by atoms with Gasteiger partial charge in [0, 0.05) is 43.3 Å². The van der Waals surface area contributed by atoms with Crippen molar-refractivity contribution in [2.24, 2.45) is 0 Å². The second-order valence-electron chi connectivity index (χ2n) is 5.69. The van der Waals surface area contributed by atoms with E-state index in [0.717, 1.165) is 43.1 Å². The SMILES string of the molecule is c1ccc(-c2ncc3c(n2)CN(Cc2ccc[nH]2)CC3)cc1. The van der Waals surface area contributed by atoms with E-state index in [-0.39, 0.29) is 0 Å². The molecule has 0 amide bonds. The van der Waals surface area contributed by atoms with Gasteiger partial charge in [-0.05, 0) is 24.1 Å². The first-order chi connectivity index (χ1) is 10.9. The lowest BCUT2D eigenvalue weighted by atomic mass is 10.1. The highest BCUT2D eigenvalue weighted by atomic mass is 15.1. The van der Waals surface area contributed by atoms with E-state index in [9.17, 15) is 0 Å². The number of rotatable bonds is 3. The molecule has 0 atom stereocenters. The van der Waals surface area contributed by atoms with Crippen LogP contribution in [-0.2, 0) is 19.5 Å². The largest absolute Gasteiger partial charge is 0.364 e. The maximum Gasteiger partial charge on any atom is 0.159 e. The molecule has 0 radical (unpaired) electrons. The van der Waals surface area contributed by atoms with Crippen LogP contribution in [0.4, 0.5) is 0 Å². The molecule has 0 saturated heterocycles. The highest BCUT2D eigenvalue weighted by Gasteiger charge is 2.19. The number of benzene rings is 1. The van der Waals surface area contributed by atoms with E-state index >= 15 is 0 Å². The Kier molecular flexibility index (Phi) is 3.45. The Balaban J connectivity index is 1.58. The molecule has 22 heavy (non-hydrogen) atoms. The van der Waals surface area contributed by atoms with Crippen LogP contribution in [0.5, 0.6) is 0 Å². The molecule has 0 fully saturated rings. The van der Waals surface area contributed by atoms with Crippen molar-refractivity contribution in [3.63, 3.8) is 0 Å². The van der Waals surface area contributed by atoms with Crippen molar-refractivity contribution in [3.05, 3.63) is 71.8 Å². The van der Waals surface area contributed by atoms with Crippen LogP contribution in [0.25, 0.3) is 11.4 Å². The summed E-state index contributed by atoms with van der Waals surface area (Å²) in [6, 6.07) is 14.3. The van der Waals surface area contributed by atoms with Gasteiger partial charge in [0.05, 0.1) is 5.69 Å². The molecule has 3 aromatic rings. The average Bonchev–Trinajstić information content (AvgIpc) is 3.08. The summed E-state index contributed by atoms with van der Waals surface area (Å²) in [6.45, 7) is 2.88. The van der Waals surface area contributed by atoms with Gasteiger partial charge >= 0.3 is 0 Å². The normalized spacial score (nSPS) is 14.7. The number of hydrogen-bond acceptors (Lipinski definition) is 3. The topological polar surface area (TPSA) is 44.8 Å². The van der Waals surface area contributed by atoms with E-state index < -0.39 is 0 Å². The van der Waals surface area contributed by atoms with Gasteiger partial charge in [0.15, 0.2) is 5.82 Å². The van der Waals surface area contributed by atoms with Gasteiger partial charge in [-0.3, -0.25) is 4.90 Å². The third-order valence-electron chi connectivity index (χ3n) is 4.11. The van der Waals surface area contributed by atoms with Gasteiger partial charge in [-0.2, -0.15) is 0 Å². The number of hydrogen-bond donors (Lipinski definition) is 1. The molecule has 0 saturated carbocycles. The fraction of sp³-hybridized carbons (Fsp3) is 0.222. The molecule has 1 aliphatic heterocycles. The second-order valence-corrected chi connectivity index (χ2v) is 5.69. The number of H-pyrrole nitrogens is 1. The van der Waals surface area contributed by atoms with Crippen LogP contribution < -0.4 is 0 Å². The monoisotopic (exact) mass is 290 g/mol. The van der Waals surface area contributed by atoms with Gasteiger partial charge in [-0.1, -0.05) is 30.3 Å². The van der Waals surface area contributed by atoms with Gasteiger partial charge in [0.25, 0.3) is 0 Å². The summed E-state index contributed by atoms with van der Waals surface area (Å²) in [5.41, 5.74) is 4.77. The molecule has 1 aliphatic rings. The molecular formula is C18H18N4. The first kappa shape index (κ1) is 13.2. The zero-order valence-electron chi connectivity index (χ0n) is 12.4. The van der Waals surface area contributed by atoms with Gasteiger partial charge in [-0.15, -0.1) is 0 Å². The Morgan fingerprint density at radius 3 is 2.82 bits per heavy atom. The average molecular weight is 290 g/mol. The third kappa shape index (κ3) is 2.65. The Morgan fingerprint density at radius 1 is 1.09 bits per heavy atom.